The number of pyridine rings is 1. The van der Waals surface area contributed by atoms with Crippen LogP contribution in [0, 0.1) is 5.92 Å². The van der Waals surface area contributed by atoms with Crippen LogP contribution in [0.25, 0.3) is 0 Å². The van der Waals surface area contributed by atoms with E-state index in [4.69, 9.17) is 9.47 Å². The molecule has 0 aliphatic rings. The molecule has 1 atom stereocenters. The molecular weight excluding hydrogens is 607 g/mol. The molecule has 13 heteroatoms. The molecule has 2 N–H and O–H groups in total. The molecule has 0 aliphatic heterocycles. The van der Waals surface area contributed by atoms with Crippen molar-refractivity contribution in [2.45, 2.75) is 72.0 Å². The molecule has 0 bridgehead atoms. The molecule has 3 aromatic rings. The van der Waals surface area contributed by atoms with Crippen LogP contribution >= 0.6 is 0 Å². The van der Waals surface area contributed by atoms with Gasteiger partial charge in [-0.25, -0.2) is 9.59 Å². The summed E-state index contributed by atoms with van der Waals surface area (Å²) in [6.45, 7) is 7.03. The average molecular weight is 644 g/mol. The van der Waals surface area contributed by atoms with Crippen LogP contribution in [0.3, 0.4) is 0 Å². The van der Waals surface area contributed by atoms with Gasteiger partial charge in [0.05, 0.1) is 11.6 Å². The highest BCUT2D eigenvalue weighted by Crippen LogP contribution is 2.21. The van der Waals surface area contributed by atoms with Crippen molar-refractivity contribution >= 4 is 29.4 Å². The molecule has 1 heterocycles. The summed E-state index contributed by atoms with van der Waals surface area (Å²) in [5.74, 6) is -4.59. The van der Waals surface area contributed by atoms with Gasteiger partial charge in [-0.05, 0) is 68.0 Å². The summed E-state index contributed by atoms with van der Waals surface area (Å²) in [5.41, 5.74) is 0.151. The molecule has 246 valence electrons. The summed E-state index contributed by atoms with van der Waals surface area (Å²) in [6.07, 6.45) is -4.72. The first-order valence-corrected chi connectivity index (χ1v) is 14.4. The second-order valence-corrected chi connectivity index (χ2v) is 11.9. The number of Topliss-reactive ketones (excluding diaryl/α,β-unsaturated/α-hetero) is 1. The number of nitrogens with one attached hydrogen (secondary N) is 2. The van der Waals surface area contributed by atoms with Gasteiger partial charge < -0.3 is 19.4 Å². The standard InChI is InChI=1S/C33H36F3N3O7/c1-20(2)27(28(41)33(34,35)36)38-26(40)18-39-17-23(14-22-12-9-13-24(15-22)30(43)46-32(3,4)5)16-25(29(39)42)37-31(44)45-19-21-10-7-6-8-11-21/h6-13,15-17,20,27H,14,18-19H2,1-5H3,(H,37,44)(H,38,40). The third-order valence-electron chi connectivity index (χ3n) is 6.42. The maximum atomic E-state index is 13.3. The summed E-state index contributed by atoms with van der Waals surface area (Å²) in [5, 5.41) is 4.44. The summed E-state index contributed by atoms with van der Waals surface area (Å²) < 4.78 is 50.9. The number of amides is 2. The molecule has 2 amide bonds. The molecule has 10 nitrogen and oxygen atoms in total. The zero-order valence-corrected chi connectivity index (χ0v) is 26.1. The van der Waals surface area contributed by atoms with E-state index in [9.17, 15) is 37.1 Å². The molecule has 46 heavy (non-hydrogen) atoms. The van der Waals surface area contributed by atoms with Gasteiger partial charge >= 0.3 is 18.2 Å². The number of nitrogens with zero attached hydrogens (tertiary/aromatic N) is 1. The van der Waals surface area contributed by atoms with Gasteiger partial charge in [-0.3, -0.25) is 19.7 Å². The van der Waals surface area contributed by atoms with Crippen molar-refractivity contribution in [2.75, 3.05) is 5.32 Å². The monoisotopic (exact) mass is 643 g/mol. The van der Waals surface area contributed by atoms with E-state index in [0.29, 0.717) is 16.7 Å². The van der Waals surface area contributed by atoms with Crippen LogP contribution in [0.2, 0.25) is 0 Å². The van der Waals surface area contributed by atoms with Gasteiger partial charge in [0.15, 0.2) is 0 Å². The molecule has 0 aliphatic carbocycles. The number of benzene rings is 2. The van der Waals surface area contributed by atoms with Gasteiger partial charge in [-0.1, -0.05) is 56.3 Å². The number of hydrogen-bond acceptors (Lipinski definition) is 7. The average Bonchev–Trinajstić information content (AvgIpc) is 2.96. The highest BCUT2D eigenvalue weighted by Gasteiger charge is 2.45. The minimum atomic E-state index is -5.18. The number of carbonyl (C=O) groups excluding carboxylic acids is 4. The number of alkyl halides is 3. The van der Waals surface area contributed by atoms with E-state index < -0.39 is 59.6 Å². The summed E-state index contributed by atoms with van der Waals surface area (Å²) in [6, 6.07) is 14.8. The quantitative estimate of drug-likeness (QED) is 0.267. The first-order valence-electron chi connectivity index (χ1n) is 14.4. The van der Waals surface area contributed by atoms with Gasteiger partial charge in [0.1, 0.15) is 24.4 Å². The lowest BCUT2D eigenvalue weighted by molar-refractivity contribution is -0.174. The highest BCUT2D eigenvalue weighted by molar-refractivity contribution is 5.93. The Labute approximate surface area is 263 Å². The number of rotatable bonds is 11. The summed E-state index contributed by atoms with van der Waals surface area (Å²) in [7, 11) is 0. The number of halogens is 3. The predicted octanol–water partition coefficient (Wildman–Crippen LogP) is 5.42. The van der Waals surface area contributed by atoms with Crippen molar-refractivity contribution in [2.24, 2.45) is 5.92 Å². The lowest BCUT2D eigenvalue weighted by atomic mass is 9.99. The Hall–Kier alpha value is -4.94. The van der Waals surface area contributed by atoms with E-state index in [1.807, 2.05) is 0 Å². The number of ketones is 1. The molecule has 1 unspecified atom stereocenters. The van der Waals surface area contributed by atoms with Crippen molar-refractivity contribution in [1.29, 1.82) is 0 Å². The maximum absolute atomic E-state index is 13.3. The number of aromatic nitrogens is 1. The Morgan fingerprint density at radius 2 is 1.54 bits per heavy atom. The fourth-order valence-electron chi connectivity index (χ4n) is 4.34. The zero-order chi connectivity index (χ0) is 34.2. The molecule has 0 saturated carbocycles. The topological polar surface area (TPSA) is 133 Å². The van der Waals surface area contributed by atoms with E-state index in [-0.39, 0.29) is 24.3 Å². The fourth-order valence-corrected chi connectivity index (χ4v) is 4.34. The minimum Gasteiger partial charge on any atom is -0.456 e. The Morgan fingerprint density at radius 3 is 2.15 bits per heavy atom. The molecule has 3 rings (SSSR count). The molecule has 2 aromatic carbocycles. The SMILES string of the molecule is CC(C)C(NC(=O)Cn1cc(Cc2cccc(C(=O)OC(C)(C)C)c2)cc(NC(=O)OCc2ccccc2)c1=O)C(=O)C(F)(F)F. The molecular formula is C33H36F3N3O7. The smallest absolute Gasteiger partial charge is 0.452 e. The number of hydrogen-bond donors (Lipinski definition) is 2. The summed E-state index contributed by atoms with van der Waals surface area (Å²) >= 11 is 0. The lowest BCUT2D eigenvalue weighted by Crippen LogP contribution is -2.50. The molecule has 0 saturated heterocycles. The first-order chi connectivity index (χ1) is 21.4. The van der Waals surface area contributed by atoms with Crippen LogP contribution in [-0.2, 0) is 38.6 Å². The van der Waals surface area contributed by atoms with Crippen molar-refractivity contribution < 1.29 is 41.8 Å². The third-order valence-corrected chi connectivity index (χ3v) is 6.42. The van der Waals surface area contributed by atoms with E-state index in [0.717, 1.165) is 4.57 Å². The van der Waals surface area contributed by atoms with Crippen molar-refractivity contribution in [3.8, 4) is 0 Å². The predicted molar refractivity (Wildman–Crippen MR) is 163 cm³/mol. The second-order valence-electron chi connectivity index (χ2n) is 11.9. The Morgan fingerprint density at radius 1 is 0.891 bits per heavy atom. The van der Waals surface area contributed by atoms with Crippen LogP contribution in [0.1, 0.15) is 61.7 Å². The third kappa shape index (κ3) is 10.6. The number of anilines is 1. The van der Waals surface area contributed by atoms with Gasteiger partial charge in [-0.15, -0.1) is 0 Å². The Bertz CT molecular complexity index is 1630. The molecule has 1 aromatic heterocycles. The minimum absolute atomic E-state index is 0.0930. The number of esters is 1. The van der Waals surface area contributed by atoms with E-state index in [1.54, 1.807) is 75.4 Å². The fraction of sp³-hybridized carbons (Fsp3) is 0.364. The molecule has 0 spiro atoms. The largest absolute Gasteiger partial charge is 0.456 e. The van der Waals surface area contributed by atoms with E-state index in [1.165, 1.54) is 26.1 Å². The number of ether oxygens (including phenoxy) is 2. The second kappa shape index (κ2) is 14.9. The van der Waals surface area contributed by atoms with Gasteiger partial charge in [-0.2, -0.15) is 13.2 Å². The van der Waals surface area contributed by atoms with E-state index in [2.05, 4.69) is 10.6 Å². The van der Waals surface area contributed by atoms with Gasteiger partial charge in [0.2, 0.25) is 5.91 Å². The van der Waals surface area contributed by atoms with Crippen molar-refractivity contribution in [1.82, 2.24) is 9.88 Å². The van der Waals surface area contributed by atoms with Crippen LogP contribution in [-0.4, -0.2) is 46.1 Å². The Kier molecular flexibility index (Phi) is 11.5. The van der Waals surface area contributed by atoms with Crippen LogP contribution in [0.15, 0.2) is 71.7 Å². The van der Waals surface area contributed by atoms with Gasteiger partial charge in [0, 0.05) is 6.20 Å². The zero-order valence-electron chi connectivity index (χ0n) is 26.1. The number of carbonyl (C=O) groups is 4. The lowest BCUT2D eigenvalue weighted by Gasteiger charge is -2.22. The van der Waals surface area contributed by atoms with E-state index >= 15 is 0 Å². The van der Waals surface area contributed by atoms with Crippen LogP contribution < -0.4 is 16.2 Å². The first kappa shape index (κ1) is 35.5. The Balaban J connectivity index is 1.91. The molecule has 0 radical (unpaired) electrons. The van der Waals surface area contributed by atoms with Crippen LogP contribution in [0.5, 0.6) is 0 Å². The van der Waals surface area contributed by atoms with Gasteiger partial charge in [0.25, 0.3) is 11.3 Å². The van der Waals surface area contributed by atoms with Crippen molar-refractivity contribution in [3.63, 3.8) is 0 Å². The van der Waals surface area contributed by atoms with Crippen LogP contribution in [0.4, 0.5) is 23.7 Å². The van der Waals surface area contributed by atoms with Crippen molar-refractivity contribution in [3.05, 3.63) is 99.5 Å². The summed E-state index contributed by atoms with van der Waals surface area (Å²) in [4.78, 5) is 63.3. The molecule has 0 fully saturated rings. The normalized spacial score (nSPS) is 12.3. The highest BCUT2D eigenvalue weighted by atomic mass is 19.4. The maximum Gasteiger partial charge on any atom is 0.452 e.